The average molecular weight is 504 g/mol. The summed E-state index contributed by atoms with van der Waals surface area (Å²) in [7, 11) is 0. The van der Waals surface area contributed by atoms with Crippen LogP contribution in [0.4, 0.5) is 0 Å². The smallest absolute Gasteiger partial charge is 0.161 e. The molecule has 1 aliphatic rings. The van der Waals surface area contributed by atoms with Crippen molar-refractivity contribution in [1.29, 1.82) is 0 Å². The van der Waals surface area contributed by atoms with Gasteiger partial charge in [0.2, 0.25) is 0 Å². The first-order valence-corrected chi connectivity index (χ1v) is 12.9. The maximum absolute atomic E-state index is 6.16. The zero-order chi connectivity index (χ0) is 25.8. The van der Waals surface area contributed by atoms with Crippen LogP contribution in [0.2, 0.25) is 0 Å². The largest absolute Gasteiger partial charge is 0.456 e. The van der Waals surface area contributed by atoms with Crippen LogP contribution in [0.25, 0.3) is 43.9 Å². The van der Waals surface area contributed by atoms with Crippen molar-refractivity contribution in [2.75, 3.05) is 6.54 Å². The van der Waals surface area contributed by atoms with Crippen LogP contribution in [0.15, 0.2) is 139 Å². The first kappa shape index (κ1) is 21.8. The lowest BCUT2D eigenvalue weighted by molar-refractivity contribution is 0.668. The highest BCUT2D eigenvalue weighted by atomic mass is 16.3. The molecule has 0 aliphatic carbocycles. The Morgan fingerprint density at radius 3 is 1.90 bits per heavy atom. The second kappa shape index (κ2) is 8.64. The molecule has 184 valence electrons. The summed E-state index contributed by atoms with van der Waals surface area (Å²) >= 11 is 0. The van der Waals surface area contributed by atoms with Crippen LogP contribution < -0.4 is 0 Å². The molecule has 5 aromatic carbocycles. The van der Waals surface area contributed by atoms with Crippen LogP contribution in [-0.4, -0.2) is 23.9 Å². The van der Waals surface area contributed by atoms with E-state index in [0.717, 1.165) is 66.3 Å². The van der Waals surface area contributed by atoms with Crippen LogP contribution >= 0.6 is 0 Å². The molecule has 3 heterocycles. The third-order valence-corrected chi connectivity index (χ3v) is 7.21. The maximum Gasteiger partial charge on any atom is 0.161 e. The summed E-state index contributed by atoms with van der Waals surface area (Å²) in [4.78, 5) is 15.0. The molecule has 0 amide bonds. The van der Waals surface area contributed by atoms with Gasteiger partial charge in [0.25, 0.3) is 0 Å². The van der Waals surface area contributed by atoms with E-state index in [1.54, 1.807) is 0 Å². The van der Waals surface area contributed by atoms with Crippen molar-refractivity contribution in [2.24, 2.45) is 15.0 Å². The highest BCUT2D eigenvalue weighted by Crippen LogP contribution is 2.31. The molecule has 39 heavy (non-hydrogen) atoms. The van der Waals surface area contributed by atoms with Crippen LogP contribution in [-0.2, 0) is 0 Å². The van der Waals surface area contributed by atoms with Crippen molar-refractivity contribution in [3.8, 4) is 0 Å². The summed E-state index contributed by atoms with van der Waals surface area (Å²) in [6.45, 7) is 0.394. The van der Waals surface area contributed by atoms with E-state index in [-0.39, 0.29) is 0 Å². The lowest BCUT2D eigenvalue weighted by Crippen LogP contribution is -2.08. The molecule has 5 nitrogen and oxygen atoms in total. The number of hydrogen-bond acceptors (Lipinski definition) is 5. The molecule has 1 aliphatic heterocycles. The summed E-state index contributed by atoms with van der Waals surface area (Å²) in [6, 6.07) is 38.6. The molecular weight excluding hydrogens is 482 g/mol. The molecular formula is C34H21N3O2. The van der Waals surface area contributed by atoms with E-state index in [1.165, 1.54) is 0 Å². The fraction of sp³-hybridized carbons (Fsp3) is 0.0294. The molecule has 8 rings (SSSR count). The van der Waals surface area contributed by atoms with Gasteiger partial charge < -0.3 is 8.83 Å². The van der Waals surface area contributed by atoms with Gasteiger partial charge in [-0.1, -0.05) is 72.8 Å². The second-order valence-electron chi connectivity index (χ2n) is 9.62. The molecule has 0 radical (unpaired) electrons. The van der Waals surface area contributed by atoms with Gasteiger partial charge in [0, 0.05) is 38.2 Å². The summed E-state index contributed by atoms with van der Waals surface area (Å²) in [5.41, 5.74) is 7.08. The van der Waals surface area contributed by atoms with E-state index in [4.69, 9.17) is 23.8 Å². The maximum atomic E-state index is 6.16. The van der Waals surface area contributed by atoms with Gasteiger partial charge in [0.15, 0.2) is 11.7 Å². The van der Waals surface area contributed by atoms with Crippen molar-refractivity contribution in [2.45, 2.75) is 0 Å². The second-order valence-corrected chi connectivity index (χ2v) is 9.62. The minimum atomic E-state index is 0.394. The quantitative estimate of drug-likeness (QED) is 0.244. The van der Waals surface area contributed by atoms with E-state index in [0.29, 0.717) is 18.2 Å². The van der Waals surface area contributed by atoms with Gasteiger partial charge in [0.1, 0.15) is 22.3 Å². The predicted molar refractivity (Wildman–Crippen MR) is 158 cm³/mol. The Morgan fingerprint density at radius 1 is 0.436 bits per heavy atom. The Morgan fingerprint density at radius 2 is 1.08 bits per heavy atom. The van der Waals surface area contributed by atoms with Crippen LogP contribution in [0.5, 0.6) is 0 Å². The first-order chi connectivity index (χ1) is 19.3. The Bertz CT molecular complexity index is 2150. The van der Waals surface area contributed by atoms with Gasteiger partial charge in [-0.05, 0) is 42.5 Å². The summed E-state index contributed by atoms with van der Waals surface area (Å²) < 4.78 is 12.2. The zero-order valence-corrected chi connectivity index (χ0v) is 20.8. The van der Waals surface area contributed by atoms with Crippen LogP contribution in [0, 0.1) is 0 Å². The Labute approximate surface area is 223 Å². The fourth-order valence-electron chi connectivity index (χ4n) is 5.27. The number of rotatable bonds is 3. The van der Waals surface area contributed by atoms with E-state index < -0.39 is 0 Å². The number of nitrogens with zero attached hydrogens (tertiary/aromatic N) is 3. The SMILES string of the molecule is c1ccc(C2=NC(c3ccc4oc5ccccc5c4c3)=NCC(c3ccc4c(c3)oc3ccccc34)=N2)cc1. The highest BCUT2D eigenvalue weighted by Gasteiger charge is 2.17. The highest BCUT2D eigenvalue weighted by molar-refractivity contribution is 6.21. The minimum Gasteiger partial charge on any atom is -0.456 e. The topological polar surface area (TPSA) is 63.4 Å². The molecule has 0 spiro atoms. The standard InChI is InChI=1S/C34H21N3O2/c1-2-8-21(9-3-1)34-36-28(22-14-16-26-24-10-4-6-12-29(24)39-32(26)19-22)20-35-33(37-34)23-15-17-31-27(18-23)25-11-5-7-13-30(25)38-31/h1-19H,20H2. The van der Waals surface area contributed by atoms with Crippen molar-refractivity contribution in [3.05, 3.63) is 132 Å². The third kappa shape index (κ3) is 3.67. The van der Waals surface area contributed by atoms with Gasteiger partial charge >= 0.3 is 0 Å². The van der Waals surface area contributed by atoms with Crippen molar-refractivity contribution in [1.82, 2.24) is 0 Å². The van der Waals surface area contributed by atoms with Crippen molar-refractivity contribution in [3.63, 3.8) is 0 Å². The Balaban J connectivity index is 1.26. The first-order valence-electron chi connectivity index (χ1n) is 12.9. The third-order valence-electron chi connectivity index (χ3n) is 7.21. The Kier molecular flexibility index (Phi) is 4.82. The molecule has 5 heteroatoms. The summed E-state index contributed by atoms with van der Waals surface area (Å²) in [6.07, 6.45) is 0. The van der Waals surface area contributed by atoms with E-state index in [1.807, 2.05) is 78.9 Å². The predicted octanol–water partition coefficient (Wildman–Crippen LogP) is 8.18. The molecule has 0 saturated heterocycles. The van der Waals surface area contributed by atoms with Gasteiger partial charge in [-0.2, -0.15) is 0 Å². The number of amidine groups is 2. The number of fused-ring (bicyclic) bond motifs is 6. The van der Waals surface area contributed by atoms with Gasteiger partial charge in [-0.15, -0.1) is 0 Å². The molecule has 0 bridgehead atoms. The molecule has 7 aromatic rings. The number of aliphatic imine (C=N–C) groups is 3. The monoisotopic (exact) mass is 503 g/mol. The molecule has 0 N–H and O–H groups in total. The van der Waals surface area contributed by atoms with Crippen LogP contribution in [0.1, 0.15) is 16.7 Å². The average Bonchev–Trinajstić information content (AvgIpc) is 3.46. The fourth-order valence-corrected chi connectivity index (χ4v) is 5.27. The summed E-state index contributed by atoms with van der Waals surface area (Å²) in [5.74, 6) is 1.27. The van der Waals surface area contributed by atoms with Gasteiger partial charge in [-0.25, -0.2) is 9.98 Å². The lowest BCUT2D eigenvalue weighted by Gasteiger charge is -2.05. The number of furan rings is 2. The number of para-hydroxylation sites is 2. The molecule has 0 atom stereocenters. The molecule has 0 saturated carbocycles. The molecule has 0 unspecified atom stereocenters. The lowest BCUT2D eigenvalue weighted by atomic mass is 10.1. The van der Waals surface area contributed by atoms with Crippen molar-refractivity contribution >= 4 is 61.3 Å². The Hall–Kier alpha value is -5.29. The van der Waals surface area contributed by atoms with Gasteiger partial charge in [0.05, 0.1) is 12.3 Å². The minimum absolute atomic E-state index is 0.394. The van der Waals surface area contributed by atoms with E-state index in [9.17, 15) is 0 Å². The normalized spacial score (nSPS) is 14.0. The number of hydrogen-bond donors (Lipinski definition) is 0. The van der Waals surface area contributed by atoms with E-state index >= 15 is 0 Å². The molecule has 0 fully saturated rings. The van der Waals surface area contributed by atoms with Crippen molar-refractivity contribution < 1.29 is 8.83 Å². The van der Waals surface area contributed by atoms with Crippen LogP contribution in [0.3, 0.4) is 0 Å². The summed E-state index contributed by atoms with van der Waals surface area (Å²) in [5, 5.41) is 4.32. The van der Waals surface area contributed by atoms with E-state index in [2.05, 4.69) is 36.4 Å². The molecule has 2 aromatic heterocycles. The van der Waals surface area contributed by atoms with Gasteiger partial charge in [-0.3, -0.25) is 4.99 Å². The zero-order valence-electron chi connectivity index (χ0n) is 20.8. The number of benzene rings is 5.